The average molecular weight is 857 g/mol. The minimum atomic E-state index is -5.02. The van der Waals surface area contributed by atoms with Crippen molar-refractivity contribution in [3.8, 4) is 0 Å². The number of phosphoric ester groups is 1. The normalized spacial score (nSPS) is 23.1. The van der Waals surface area contributed by atoms with Gasteiger partial charge in [-0.05, 0) is 57.8 Å². The first-order valence-corrected chi connectivity index (χ1v) is 24.1. The molecule has 0 heterocycles. The van der Waals surface area contributed by atoms with Crippen LogP contribution in [0.3, 0.4) is 0 Å². The Morgan fingerprint density at radius 3 is 1.53 bits per heavy atom. The average Bonchev–Trinajstić information content (AvgIpc) is 3.22. The molecular weight excluding hydrogens is 775 g/mol. The van der Waals surface area contributed by atoms with Crippen LogP contribution in [0.5, 0.6) is 0 Å². The molecular formula is C46H81O12P. The molecule has 0 spiro atoms. The maximum Gasteiger partial charge on any atom is 0.472 e. The minimum Gasteiger partial charge on any atom is -0.457 e. The van der Waals surface area contributed by atoms with E-state index in [0.29, 0.717) is 13.0 Å². The second kappa shape index (κ2) is 36.7. The summed E-state index contributed by atoms with van der Waals surface area (Å²) in [6.45, 7) is 4.10. The Balaban J connectivity index is 2.40. The van der Waals surface area contributed by atoms with Crippen molar-refractivity contribution in [2.24, 2.45) is 0 Å². The van der Waals surface area contributed by atoms with E-state index >= 15 is 0 Å². The van der Waals surface area contributed by atoms with Crippen molar-refractivity contribution in [2.45, 2.75) is 204 Å². The predicted molar refractivity (Wildman–Crippen MR) is 235 cm³/mol. The van der Waals surface area contributed by atoms with E-state index in [0.717, 1.165) is 83.5 Å². The van der Waals surface area contributed by atoms with E-state index in [1.165, 1.54) is 51.4 Å². The lowest BCUT2D eigenvalue weighted by Gasteiger charge is -2.41. The highest BCUT2D eigenvalue weighted by molar-refractivity contribution is 7.47. The van der Waals surface area contributed by atoms with E-state index in [1.54, 1.807) is 0 Å². The van der Waals surface area contributed by atoms with Crippen LogP contribution >= 0.6 is 7.82 Å². The number of rotatable bonds is 37. The van der Waals surface area contributed by atoms with Crippen molar-refractivity contribution >= 4 is 13.8 Å². The van der Waals surface area contributed by atoms with Crippen LogP contribution in [0.4, 0.5) is 0 Å². The Labute approximate surface area is 356 Å². The van der Waals surface area contributed by atoms with Crippen LogP contribution in [0.15, 0.2) is 60.8 Å². The van der Waals surface area contributed by atoms with Crippen molar-refractivity contribution in [1.29, 1.82) is 0 Å². The summed E-state index contributed by atoms with van der Waals surface area (Å²) in [6.07, 6.45) is 32.9. The first-order chi connectivity index (χ1) is 28.5. The van der Waals surface area contributed by atoms with Crippen LogP contribution in [0.1, 0.15) is 162 Å². The zero-order valence-corrected chi connectivity index (χ0v) is 37.2. The highest BCUT2D eigenvalue weighted by atomic mass is 31.2. The molecule has 0 aromatic carbocycles. The van der Waals surface area contributed by atoms with Crippen LogP contribution in [-0.4, -0.2) is 98.9 Å². The van der Waals surface area contributed by atoms with E-state index in [2.05, 4.69) is 74.6 Å². The molecule has 0 aliphatic heterocycles. The van der Waals surface area contributed by atoms with Crippen LogP contribution in [0.2, 0.25) is 0 Å². The number of carbonyl (C=O) groups is 1. The summed E-state index contributed by atoms with van der Waals surface area (Å²) >= 11 is 0. The molecule has 6 N–H and O–H groups in total. The van der Waals surface area contributed by atoms with Crippen LogP contribution < -0.4 is 0 Å². The highest BCUT2D eigenvalue weighted by Gasteiger charge is 2.51. The molecule has 0 bridgehead atoms. The van der Waals surface area contributed by atoms with Gasteiger partial charge in [0.1, 0.15) is 42.7 Å². The molecule has 0 amide bonds. The second-order valence-corrected chi connectivity index (χ2v) is 16.9. The fraction of sp³-hybridized carbons (Fsp3) is 0.761. The van der Waals surface area contributed by atoms with Crippen molar-refractivity contribution in [2.75, 3.05) is 19.8 Å². The van der Waals surface area contributed by atoms with Crippen molar-refractivity contribution in [3.05, 3.63) is 60.8 Å². The molecule has 12 nitrogen and oxygen atoms in total. The Hall–Kier alpha value is -1.96. The number of phosphoric acid groups is 1. The first kappa shape index (κ1) is 55.1. The van der Waals surface area contributed by atoms with E-state index in [9.17, 15) is 39.8 Å². The van der Waals surface area contributed by atoms with E-state index in [-0.39, 0.29) is 13.0 Å². The SMILES string of the molecule is CC/C=C\C/C=C\C/C=C\C/C=C\C/C=C\CCCCCCCC(=O)OC(COCCCCCCCCCCCCC)COP(=O)(O)OC1C(O)C(O)C(O)C(O)C1O. The molecule has 0 aromatic heterocycles. The number of ether oxygens (including phenoxy) is 2. The number of unbranched alkanes of at least 4 members (excludes halogenated alkanes) is 15. The summed E-state index contributed by atoms with van der Waals surface area (Å²) in [5.41, 5.74) is 0. The Bertz CT molecular complexity index is 1200. The predicted octanol–water partition coefficient (Wildman–Crippen LogP) is 9.03. The van der Waals surface area contributed by atoms with Gasteiger partial charge in [-0.15, -0.1) is 0 Å². The smallest absolute Gasteiger partial charge is 0.457 e. The van der Waals surface area contributed by atoms with Gasteiger partial charge in [0.15, 0.2) is 0 Å². The number of aliphatic hydroxyl groups is 5. The van der Waals surface area contributed by atoms with Crippen LogP contribution in [0, 0.1) is 0 Å². The summed E-state index contributed by atoms with van der Waals surface area (Å²) in [7, 11) is -5.02. The molecule has 1 fully saturated rings. The molecule has 1 saturated carbocycles. The maximum absolute atomic E-state index is 12.8. The van der Waals surface area contributed by atoms with Crippen molar-refractivity contribution in [1.82, 2.24) is 0 Å². The number of allylic oxidation sites excluding steroid dienone is 10. The lowest BCUT2D eigenvalue weighted by molar-refractivity contribution is -0.220. The van der Waals surface area contributed by atoms with Crippen molar-refractivity contribution < 1.29 is 58.3 Å². The van der Waals surface area contributed by atoms with Gasteiger partial charge in [-0.25, -0.2) is 4.57 Å². The summed E-state index contributed by atoms with van der Waals surface area (Å²) in [5, 5.41) is 50.1. The quantitative estimate of drug-likeness (QED) is 0.0151. The molecule has 59 heavy (non-hydrogen) atoms. The first-order valence-electron chi connectivity index (χ1n) is 22.6. The number of hydrogen-bond donors (Lipinski definition) is 6. The van der Waals surface area contributed by atoms with E-state index in [1.807, 2.05) is 0 Å². The lowest BCUT2D eigenvalue weighted by Crippen LogP contribution is -2.64. The summed E-state index contributed by atoms with van der Waals surface area (Å²) in [5.74, 6) is -0.497. The molecule has 342 valence electrons. The van der Waals surface area contributed by atoms with Gasteiger partial charge in [0.2, 0.25) is 0 Å². The maximum atomic E-state index is 12.8. The second-order valence-electron chi connectivity index (χ2n) is 15.5. The summed E-state index contributed by atoms with van der Waals surface area (Å²) < 4.78 is 34.1. The van der Waals surface area contributed by atoms with Crippen LogP contribution in [-0.2, 0) is 27.9 Å². The molecule has 1 rings (SSSR count). The van der Waals surface area contributed by atoms with E-state index in [4.69, 9.17) is 18.5 Å². The third-order valence-corrected chi connectivity index (χ3v) is 11.1. The molecule has 6 unspecified atom stereocenters. The van der Waals surface area contributed by atoms with Gasteiger partial charge in [0.25, 0.3) is 0 Å². The van der Waals surface area contributed by atoms with Gasteiger partial charge >= 0.3 is 13.8 Å². The van der Waals surface area contributed by atoms with Gasteiger partial charge < -0.3 is 39.9 Å². The monoisotopic (exact) mass is 857 g/mol. The third kappa shape index (κ3) is 29.1. The zero-order chi connectivity index (χ0) is 43.4. The number of carbonyl (C=O) groups excluding carboxylic acids is 1. The molecule has 0 aromatic rings. The highest BCUT2D eigenvalue weighted by Crippen LogP contribution is 2.47. The molecule has 1 aliphatic carbocycles. The zero-order valence-electron chi connectivity index (χ0n) is 36.3. The van der Waals surface area contributed by atoms with Gasteiger partial charge in [0, 0.05) is 13.0 Å². The standard InChI is InChI=1S/C46H81O12P/c1-3-5-7-9-11-13-15-16-17-18-19-20-21-22-23-24-25-27-29-31-33-35-40(47)57-39(37-55-36-34-32-30-28-26-14-12-10-8-6-4-2)38-56-59(53,54)58-46-44(51)42(49)41(48)43(50)45(46)52/h5,7,11,13,16-17,19-20,22-23,39,41-46,48-52H,3-4,6,8-10,12,14-15,18,21,24-38H2,1-2H3,(H,53,54)/b7-5-,13-11-,17-16-,20-19-,23-22-. The number of hydrogen-bond acceptors (Lipinski definition) is 11. The lowest BCUT2D eigenvalue weighted by atomic mass is 9.85. The number of esters is 1. The number of aliphatic hydroxyl groups excluding tert-OH is 5. The van der Waals surface area contributed by atoms with Gasteiger partial charge in [-0.1, -0.05) is 158 Å². The van der Waals surface area contributed by atoms with Gasteiger partial charge in [-0.2, -0.15) is 0 Å². The molecule has 13 heteroatoms. The topological polar surface area (TPSA) is 192 Å². The van der Waals surface area contributed by atoms with E-state index < -0.39 is 63.1 Å². The fourth-order valence-corrected chi connectivity index (χ4v) is 7.53. The Kier molecular flexibility index (Phi) is 34.2. The molecule has 0 radical (unpaired) electrons. The summed E-state index contributed by atoms with van der Waals surface area (Å²) in [4.78, 5) is 23.1. The fourth-order valence-electron chi connectivity index (χ4n) is 6.56. The molecule has 1 aliphatic rings. The summed E-state index contributed by atoms with van der Waals surface area (Å²) in [6, 6.07) is 0. The Morgan fingerprint density at radius 2 is 1.00 bits per heavy atom. The largest absolute Gasteiger partial charge is 0.472 e. The van der Waals surface area contributed by atoms with Gasteiger partial charge in [0.05, 0.1) is 13.2 Å². The van der Waals surface area contributed by atoms with Gasteiger partial charge in [-0.3, -0.25) is 13.8 Å². The van der Waals surface area contributed by atoms with Crippen molar-refractivity contribution in [3.63, 3.8) is 0 Å². The molecule has 6 atom stereocenters. The Morgan fingerprint density at radius 1 is 0.559 bits per heavy atom. The minimum absolute atomic E-state index is 0.0857. The third-order valence-electron chi connectivity index (χ3n) is 10.2. The molecule has 0 saturated heterocycles. The van der Waals surface area contributed by atoms with Crippen LogP contribution in [0.25, 0.3) is 0 Å².